The quantitative estimate of drug-likeness (QED) is 0.859. The Morgan fingerprint density at radius 1 is 1.35 bits per heavy atom. The van der Waals surface area contributed by atoms with Gasteiger partial charge in [-0.05, 0) is 39.8 Å². The predicted molar refractivity (Wildman–Crippen MR) is 67.0 cm³/mol. The van der Waals surface area contributed by atoms with Crippen molar-refractivity contribution in [1.82, 2.24) is 10.3 Å². The van der Waals surface area contributed by atoms with Crippen LogP contribution in [0.4, 0.5) is 4.39 Å². The summed E-state index contributed by atoms with van der Waals surface area (Å²) in [4.78, 5) is 4.42. The molecule has 4 heteroatoms. The Hall–Kier alpha value is -1.16. The van der Waals surface area contributed by atoms with Crippen molar-refractivity contribution < 1.29 is 9.13 Å². The third-order valence-electron chi connectivity index (χ3n) is 2.19. The molecule has 0 bridgehead atoms. The zero-order valence-electron chi connectivity index (χ0n) is 11.0. The maximum atomic E-state index is 12.1. The molecule has 96 valence electrons. The summed E-state index contributed by atoms with van der Waals surface area (Å²) in [6.07, 6.45) is 0. The van der Waals surface area contributed by atoms with E-state index in [1.165, 1.54) is 0 Å². The van der Waals surface area contributed by atoms with E-state index in [0.717, 1.165) is 11.4 Å². The highest BCUT2D eigenvalue weighted by Crippen LogP contribution is 2.17. The molecule has 1 rings (SSSR count). The molecular weight excluding hydrogens is 219 g/mol. The number of ether oxygens (including phenoxy) is 1. The molecule has 0 aliphatic heterocycles. The van der Waals surface area contributed by atoms with Gasteiger partial charge in [0.1, 0.15) is 19.0 Å². The van der Waals surface area contributed by atoms with Crippen molar-refractivity contribution in [2.75, 3.05) is 13.3 Å². The highest BCUT2D eigenvalue weighted by Gasteiger charge is 2.12. The summed E-state index contributed by atoms with van der Waals surface area (Å²) in [5, 5.41) is 3.35. The third-order valence-corrected chi connectivity index (χ3v) is 2.19. The fourth-order valence-electron chi connectivity index (χ4n) is 1.35. The van der Waals surface area contributed by atoms with E-state index in [-0.39, 0.29) is 12.1 Å². The van der Waals surface area contributed by atoms with E-state index >= 15 is 0 Å². The highest BCUT2D eigenvalue weighted by molar-refractivity contribution is 5.29. The van der Waals surface area contributed by atoms with Crippen LogP contribution in [0.1, 0.15) is 32.2 Å². The zero-order valence-corrected chi connectivity index (χ0v) is 11.0. The van der Waals surface area contributed by atoms with Crippen molar-refractivity contribution in [2.24, 2.45) is 0 Å². The van der Waals surface area contributed by atoms with E-state index in [2.05, 4.69) is 31.1 Å². The first-order valence-corrected chi connectivity index (χ1v) is 5.83. The lowest BCUT2D eigenvalue weighted by Crippen LogP contribution is -2.35. The minimum absolute atomic E-state index is 0.0167. The molecule has 1 aromatic rings. The molecule has 1 aromatic heterocycles. The Morgan fingerprint density at radius 3 is 2.65 bits per heavy atom. The Morgan fingerprint density at radius 2 is 2.06 bits per heavy atom. The van der Waals surface area contributed by atoms with Crippen LogP contribution in [0.3, 0.4) is 0 Å². The Kier molecular flexibility index (Phi) is 4.87. The van der Waals surface area contributed by atoms with Crippen LogP contribution in [0.25, 0.3) is 0 Å². The molecule has 0 aromatic carbocycles. The summed E-state index contributed by atoms with van der Waals surface area (Å²) in [5.41, 5.74) is 1.78. The molecule has 0 spiro atoms. The molecule has 17 heavy (non-hydrogen) atoms. The van der Waals surface area contributed by atoms with Gasteiger partial charge in [0.2, 0.25) is 0 Å². The second kappa shape index (κ2) is 5.96. The fourth-order valence-corrected chi connectivity index (χ4v) is 1.35. The minimum Gasteiger partial charge on any atom is -0.489 e. The van der Waals surface area contributed by atoms with Gasteiger partial charge in [-0.1, -0.05) is 0 Å². The Bertz CT molecular complexity index is 361. The van der Waals surface area contributed by atoms with Crippen LogP contribution < -0.4 is 10.1 Å². The van der Waals surface area contributed by atoms with Crippen LogP contribution in [0.15, 0.2) is 12.1 Å². The number of halogens is 1. The number of hydrogen-bond donors (Lipinski definition) is 1. The lowest BCUT2D eigenvalue weighted by atomic mass is 10.1. The molecule has 0 saturated carbocycles. The van der Waals surface area contributed by atoms with Gasteiger partial charge in [0.25, 0.3) is 0 Å². The molecule has 0 saturated heterocycles. The van der Waals surface area contributed by atoms with Gasteiger partial charge in [-0.2, -0.15) is 0 Å². The smallest absolute Gasteiger partial charge is 0.142 e. The molecule has 3 nitrogen and oxygen atoms in total. The number of hydrogen-bond acceptors (Lipinski definition) is 3. The number of rotatable bonds is 5. The van der Waals surface area contributed by atoms with Crippen LogP contribution in [-0.2, 0) is 6.54 Å². The zero-order chi connectivity index (χ0) is 12.9. The standard InChI is InChI=1S/C13H21FN2O/c1-10-5-6-12(17-8-7-14)11(16-10)9-15-13(2,3)4/h5-6,15H,7-9H2,1-4H3. The van der Waals surface area contributed by atoms with Crippen molar-refractivity contribution in [1.29, 1.82) is 0 Å². The molecular formula is C13H21FN2O. The molecule has 0 unspecified atom stereocenters. The summed E-state index contributed by atoms with van der Waals surface area (Å²) in [6.45, 7) is 8.40. The molecule has 0 radical (unpaired) electrons. The van der Waals surface area contributed by atoms with Gasteiger partial charge in [0.05, 0.1) is 5.69 Å². The Labute approximate surface area is 102 Å². The summed E-state index contributed by atoms with van der Waals surface area (Å²) in [6, 6.07) is 3.71. The number of aromatic nitrogens is 1. The largest absolute Gasteiger partial charge is 0.489 e. The third kappa shape index (κ3) is 5.13. The first-order valence-electron chi connectivity index (χ1n) is 5.83. The lowest BCUT2D eigenvalue weighted by Gasteiger charge is -2.21. The van der Waals surface area contributed by atoms with Crippen molar-refractivity contribution in [3.8, 4) is 5.75 Å². The monoisotopic (exact) mass is 240 g/mol. The number of pyridine rings is 1. The summed E-state index contributed by atoms with van der Waals surface area (Å²) in [5.74, 6) is 0.657. The topological polar surface area (TPSA) is 34.1 Å². The van der Waals surface area contributed by atoms with E-state index in [0.29, 0.717) is 12.3 Å². The van der Waals surface area contributed by atoms with Gasteiger partial charge in [0.15, 0.2) is 0 Å². The average Bonchev–Trinajstić information content (AvgIpc) is 2.24. The second-order valence-electron chi connectivity index (χ2n) is 5.04. The number of aryl methyl sites for hydroxylation is 1. The van der Waals surface area contributed by atoms with Crippen molar-refractivity contribution >= 4 is 0 Å². The summed E-state index contributed by atoms with van der Waals surface area (Å²) < 4.78 is 17.4. The van der Waals surface area contributed by atoms with E-state index < -0.39 is 6.67 Å². The summed E-state index contributed by atoms with van der Waals surface area (Å²) in [7, 11) is 0. The average molecular weight is 240 g/mol. The van der Waals surface area contributed by atoms with Crippen LogP contribution in [0.2, 0.25) is 0 Å². The first-order chi connectivity index (χ1) is 7.92. The van der Waals surface area contributed by atoms with E-state index in [1.807, 2.05) is 19.1 Å². The molecule has 0 atom stereocenters. The molecule has 0 aliphatic rings. The molecule has 0 fully saturated rings. The van der Waals surface area contributed by atoms with E-state index in [9.17, 15) is 4.39 Å². The van der Waals surface area contributed by atoms with Crippen LogP contribution in [0.5, 0.6) is 5.75 Å². The number of nitrogens with zero attached hydrogens (tertiary/aromatic N) is 1. The minimum atomic E-state index is -0.486. The van der Waals surface area contributed by atoms with Gasteiger partial charge in [0, 0.05) is 17.8 Å². The summed E-state index contributed by atoms with van der Waals surface area (Å²) >= 11 is 0. The fraction of sp³-hybridized carbons (Fsp3) is 0.615. The van der Waals surface area contributed by atoms with Crippen LogP contribution in [-0.4, -0.2) is 23.8 Å². The normalized spacial score (nSPS) is 11.6. The van der Waals surface area contributed by atoms with E-state index in [4.69, 9.17) is 4.74 Å². The van der Waals surface area contributed by atoms with E-state index in [1.54, 1.807) is 0 Å². The van der Waals surface area contributed by atoms with Crippen molar-refractivity contribution in [3.05, 3.63) is 23.5 Å². The molecule has 0 amide bonds. The highest BCUT2D eigenvalue weighted by atomic mass is 19.1. The van der Waals surface area contributed by atoms with Crippen LogP contribution in [0, 0.1) is 6.92 Å². The number of alkyl halides is 1. The predicted octanol–water partition coefficient (Wildman–Crippen LogP) is 2.63. The second-order valence-corrected chi connectivity index (χ2v) is 5.04. The van der Waals surface area contributed by atoms with Gasteiger partial charge in [-0.3, -0.25) is 4.98 Å². The maximum absolute atomic E-state index is 12.1. The van der Waals surface area contributed by atoms with Crippen molar-refractivity contribution in [3.63, 3.8) is 0 Å². The number of nitrogens with one attached hydrogen (secondary N) is 1. The molecule has 0 aliphatic carbocycles. The van der Waals surface area contributed by atoms with Crippen LogP contribution >= 0.6 is 0 Å². The van der Waals surface area contributed by atoms with Gasteiger partial charge in [-0.15, -0.1) is 0 Å². The van der Waals surface area contributed by atoms with Gasteiger partial charge >= 0.3 is 0 Å². The SMILES string of the molecule is Cc1ccc(OCCF)c(CNC(C)(C)C)n1. The molecule has 1 N–H and O–H groups in total. The molecule has 1 heterocycles. The maximum Gasteiger partial charge on any atom is 0.142 e. The Balaban J connectivity index is 2.76. The van der Waals surface area contributed by atoms with Gasteiger partial charge in [-0.25, -0.2) is 4.39 Å². The van der Waals surface area contributed by atoms with Crippen molar-refractivity contribution in [2.45, 2.75) is 39.8 Å². The lowest BCUT2D eigenvalue weighted by molar-refractivity contribution is 0.268. The first kappa shape index (κ1) is 13.9. The van der Waals surface area contributed by atoms with Gasteiger partial charge < -0.3 is 10.1 Å².